The summed E-state index contributed by atoms with van der Waals surface area (Å²) in [5.41, 5.74) is 6.05. The Morgan fingerprint density at radius 2 is 1.29 bits per heavy atom. The Labute approximate surface area is 170 Å². The largest absolute Gasteiger partial charge is 0.508 e. The van der Waals surface area contributed by atoms with Gasteiger partial charge in [0.25, 0.3) is 0 Å². The van der Waals surface area contributed by atoms with Gasteiger partial charge in [0.2, 0.25) is 0 Å². The number of carbonyl (C=O) groups is 2. The molecule has 0 aromatic heterocycles. The van der Waals surface area contributed by atoms with Crippen LogP contribution in [0.1, 0.15) is 89.5 Å². The van der Waals surface area contributed by atoms with Crippen LogP contribution >= 0.6 is 0 Å². The van der Waals surface area contributed by atoms with E-state index in [0.717, 1.165) is 24.8 Å². The van der Waals surface area contributed by atoms with E-state index >= 15 is 0 Å². The topological polar surface area (TPSA) is 83.6 Å². The maximum Gasteiger partial charge on any atom is 0.311 e. The number of rotatable bonds is 15. The third-order valence-corrected chi connectivity index (χ3v) is 5.09. The highest BCUT2D eigenvalue weighted by Gasteiger charge is 2.18. The molecule has 0 aliphatic carbocycles. The molecule has 0 heterocycles. The van der Waals surface area contributed by atoms with E-state index in [1.807, 2.05) is 0 Å². The molecule has 0 bridgehead atoms. The lowest BCUT2D eigenvalue weighted by molar-refractivity contribution is -0.144. The van der Waals surface area contributed by atoms with Gasteiger partial charge in [-0.05, 0) is 24.1 Å². The molecule has 0 aliphatic rings. The Balaban J connectivity index is 2.18. The second-order valence-electron chi connectivity index (χ2n) is 7.65. The predicted molar refractivity (Wildman–Crippen MR) is 114 cm³/mol. The molecule has 0 spiro atoms. The van der Waals surface area contributed by atoms with Gasteiger partial charge in [0.05, 0.1) is 0 Å². The minimum Gasteiger partial charge on any atom is -0.508 e. The highest BCUT2D eigenvalue weighted by molar-refractivity contribution is 6.34. The van der Waals surface area contributed by atoms with Crippen molar-refractivity contribution >= 4 is 11.8 Å². The summed E-state index contributed by atoms with van der Waals surface area (Å²) in [6.45, 7) is 3.11. The summed E-state index contributed by atoms with van der Waals surface area (Å²) in [7, 11) is 0. The van der Waals surface area contributed by atoms with Crippen LogP contribution in [0, 0.1) is 0 Å². The average molecular weight is 391 g/mol. The molecule has 28 heavy (non-hydrogen) atoms. The number of unbranched alkanes of at least 4 members (excludes halogenated alkanes) is 11. The fraction of sp³-hybridized carbons (Fsp3) is 0.652. The van der Waals surface area contributed by atoms with Crippen molar-refractivity contribution in [3.8, 4) is 5.75 Å². The first-order valence-corrected chi connectivity index (χ1v) is 10.9. The summed E-state index contributed by atoms with van der Waals surface area (Å²) in [4.78, 5) is 24.8. The molecule has 0 saturated heterocycles. The first kappa shape index (κ1) is 24.0. The zero-order valence-corrected chi connectivity index (χ0v) is 17.5. The molecule has 1 rings (SSSR count). The fourth-order valence-corrected chi connectivity index (χ4v) is 3.37. The van der Waals surface area contributed by atoms with E-state index in [-0.39, 0.29) is 5.75 Å². The van der Waals surface area contributed by atoms with E-state index < -0.39 is 11.8 Å². The Kier molecular flexibility index (Phi) is 12.8. The van der Waals surface area contributed by atoms with Crippen molar-refractivity contribution in [2.24, 2.45) is 5.73 Å². The van der Waals surface area contributed by atoms with Gasteiger partial charge in [-0.15, -0.1) is 0 Å². The Hall–Kier alpha value is -2.04. The minimum absolute atomic E-state index is 0.178. The summed E-state index contributed by atoms with van der Waals surface area (Å²) >= 11 is 0. The van der Waals surface area contributed by atoms with Gasteiger partial charge >= 0.3 is 11.8 Å². The van der Waals surface area contributed by atoms with Crippen LogP contribution < -0.4 is 5.73 Å². The van der Waals surface area contributed by atoms with Crippen LogP contribution in [-0.2, 0) is 16.1 Å². The number of amides is 2. The van der Waals surface area contributed by atoms with Crippen molar-refractivity contribution in [3.05, 3.63) is 29.8 Å². The maximum absolute atomic E-state index is 12.0. The van der Waals surface area contributed by atoms with E-state index in [4.69, 9.17) is 5.73 Å². The van der Waals surface area contributed by atoms with Gasteiger partial charge in [-0.3, -0.25) is 9.59 Å². The Morgan fingerprint density at radius 1 is 0.821 bits per heavy atom. The van der Waals surface area contributed by atoms with E-state index in [9.17, 15) is 14.7 Å². The van der Waals surface area contributed by atoms with E-state index in [1.165, 1.54) is 62.7 Å². The highest BCUT2D eigenvalue weighted by atomic mass is 16.3. The molecule has 3 N–H and O–H groups in total. The van der Waals surface area contributed by atoms with Crippen LogP contribution in [0.2, 0.25) is 0 Å². The van der Waals surface area contributed by atoms with E-state index in [2.05, 4.69) is 6.92 Å². The number of nitrogens with two attached hydrogens (primary N) is 1. The molecule has 0 aliphatic heterocycles. The van der Waals surface area contributed by atoms with E-state index in [0.29, 0.717) is 13.1 Å². The highest BCUT2D eigenvalue weighted by Crippen LogP contribution is 2.14. The summed E-state index contributed by atoms with van der Waals surface area (Å²) in [5, 5.41) is 9.36. The van der Waals surface area contributed by atoms with Gasteiger partial charge in [-0.1, -0.05) is 89.7 Å². The van der Waals surface area contributed by atoms with Crippen LogP contribution in [0.15, 0.2) is 24.3 Å². The SMILES string of the molecule is CCCCCCCCCCCCCCN(Cc1ccc(O)cc1)C(=O)C(N)=O. The fourth-order valence-electron chi connectivity index (χ4n) is 3.37. The number of hydrogen-bond donors (Lipinski definition) is 2. The smallest absolute Gasteiger partial charge is 0.311 e. The molecule has 0 radical (unpaired) electrons. The second kappa shape index (κ2) is 14.9. The molecule has 1 aromatic carbocycles. The van der Waals surface area contributed by atoms with Gasteiger partial charge in [-0.2, -0.15) is 0 Å². The summed E-state index contributed by atoms with van der Waals surface area (Å²) < 4.78 is 0. The molecule has 0 atom stereocenters. The van der Waals surface area contributed by atoms with Crippen molar-refractivity contribution in [3.63, 3.8) is 0 Å². The Bertz CT molecular complexity index is 557. The number of carbonyl (C=O) groups excluding carboxylic acids is 2. The number of phenols is 1. The van der Waals surface area contributed by atoms with Crippen molar-refractivity contribution in [1.29, 1.82) is 0 Å². The third kappa shape index (κ3) is 11.0. The number of primary amides is 1. The normalized spacial score (nSPS) is 10.8. The summed E-state index contributed by atoms with van der Waals surface area (Å²) in [6, 6.07) is 6.65. The third-order valence-electron chi connectivity index (χ3n) is 5.09. The number of phenolic OH excluding ortho intramolecular Hbond substituents is 1. The van der Waals surface area contributed by atoms with Crippen LogP contribution in [0.25, 0.3) is 0 Å². The first-order valence-electron chi connectivity index (χ1n) is 10.9. The Morgan fingerprint density at radius 3 is 1.75 bits per heavy atom. The van der Waals surface area contributed by atoms with Crippen LogP contribution in [0.5, 0.6) is 5.75 Å². The van der Waals surface area contributed by atoms with E-state index in [1.54, 1.807) is 24.3 Å². The zero-order chi connectivity index (χ0) is 20.6. The lowest BCUT2D eigenvalue weighted by Crippen LogP contribution is -2.40. The van der Waals surface area contributed by atoms with Crippen LogP contribution in [-0.4, -0.2) is 28.4 Å². The van der Waals surface area contributed by atoms with Gasteiger partial charge in [-0.25, -0.2) is 0 Å². The monoisotopic (exact) mass is 390 g/mol. The van der Waals surface area contributed by atoms with Crippen LogP contribution in [0.3, 0.4) is 0 Å². The van der Waals surface area contributed by atoms with Gasteiger partial charge in [0.1, 0.15) is 5.75 Å². The molecular formula is C23H38N2O3. The van der Waals surface area contributed by atoms with Crippen molar-refractivity contribution in [2.45, 2.75) is 90.5 Å². The van der Waals surface area contributed by atoms with Gasteiger partial charge in [0, 0.05) is 13.1 Å². The summed E-state index contributed by atoms with van der Waals surface area (Å²) in [6.07, 6.45) is 15.0. The molecular weight excluding hydrogens is 352 g/mol. The minimum atomic E-state index is -0.919. The van der Waals surface area contributed by atoms with Crippen molar-refractivity contribution in [1.82, 2.24) is 4.90 Å². The molecule has 0 fully saturated rings. The maximum atomic E-state index is 12.0. The molecule has 0 unspecified atom stereocenters. The zero-order valence-electron chi connectivity index (χ0n) is 17.5. The second-order valence-corrected chi connectivity index (χ2v) is 7.65. The lowest BCUT2D eigenvalue weighted by Gasteiger charge is -2.21. The molecule has 5 nitrogen and oxygen atoms in total. The van der Waals surface area contributed by atoms with Crippen molar-refractivity contribution in [2.75, 3.05) is 6.54 Å². The quantitative estimate of drug-likeness (QED) is 0.330. The molecule has 5 heteroatoms. The summed E-state index contributed by atoms with van der Waals surface area (Å²) in [5.74, 6) is -1.38. The first-order chi connectivity index (χ1) is 13.5. The number of nitrogens with zero attached hydrogens (tertiary/aromatic N) is 1. The van der Waals surface area contributed by atoms with Crippen molar-refractivity contribution < 1.29 is 14.7 Å². The predicted octanol–water partition coefficient (Wildman–Crippen LogP) is 4.91. The van der Waals surface area contributed by atoms with Gasteiger partial charge < -0.3 is 15.7 Å². The standard InChI is InChI=1S/C23H38N2O3/c1-2-3-4-5-6-7-8-9-10-11-12-13-18-25(23(28)22(24)27)19-20-14-16-21(26)17-15-20/h14-17,26H,2-13,18-19H2,1H3,(H2,24,27). The molecule has 1 aromatic rings. The molecule has 0 saturated carbocycles. The van der Waals surface area contributed by atoms with Gasteiger partial charge in [0.15, 0.2) is 0 Å². The van der Waals surface area contributed by atoms with Crippen LogP contribution in [0.4, 0.5) is 0 Å². The number of benzene rings is 1. The molecule has 158 valence electrons. The number of aromatic hydroxyl groups is 1. The average Bonchev–Trinajstić information content (AvgIpc) is 2.68. The lowest BCUT2D eigenvalue weighted by atomic mass is 10.1. The number of hydrogen-bond acceptors (Lipinski definition) is 3. The molecule has 2 amide bonds.